The van der Waals surface area contributed by atoms with E-state index >= 15 is 0 Å². The molecule has 0 saturated heterocycles. The second-order valence-corrected chi connectivity index (χ2v) is 4.82. The molecule has 5 nitrogen and oxygen atoms in total. The summed E-state index contributed by atoms with van der Waals surface area (Å²) in [6.07, 6.45) is 0. The summed E-state index contributed by atoms with van der Waals surface area (Å²) in [6.45, 7) is 0.452. The zero-order valence-corrected chi connectivity index (χ0v) is 13.1. The summed E-state index contributed by atoms with van der Waals surface area (Å²) >= 11 is 0. The largest absolute Gasteiger partial charge is 0.493 e. The van der Waals surface area contributed by atoms with Crippen molar-refractivity contribution in [2.24, 2.45) is 0 Å². The Hall–Kier alpha value is -2.76. The van der Waals surface area contributed by atoms with Gasteiger partial charge in [0.05, 0.1) is 14.2 Å². The van der Waals surface area contributed by atoms with E-state index < -0.39 is 0 Å². The van der Waals surface area contributed by atoms with Gasteiger partial charge in [0.15, 0.2) is 11.5 Å². The Morgan fingerprint density at radius 1 is 1.00 bits per heavy atom. The van der Waals surface area contributed by atoms with Crippen LogP contribution in [0.1, 0.15) is 11.1 Å². The number of nitrogens with one attached hydrogen (secondary N) is 2. The van der Waals surface area contributed by atoms with Gasteiger partial charge in [-0.15, -0.1) is 0 Å². The smallest absolute Gasteiger partial charge is 0.315 e. The molecule has 2 rings (SSSR count). The molecule has 0 aromatic heterocycles. The summed E-state index contributed by atoms with van der Waals surface area (Å²) in [7, 11) is 3.11. The van der Waals surface area contributed by atoms with Crippen molar-refractivity contribution in [3.63, 3.8) is 0 Å². The van der Waals surface area contributed by atoms with Gasteiger partial charge in [-0.05, 0) is 23.8 Å². The minimum Gasteiger partial charge on any atom is -0.493 e. The van der Waals surface area contributed by atoms with E-state index in [1.54, 1.807) is 44.6 Å². The molecule has 0 heterocycles. The highest BCUT2D eigenvalue weighted by atomic mass is 19.1. The Labute approximate surface area is 134 Å². The summed E-state index contributed by atoms with van der Waals surface area (Å²) in [5, 5.41) is 5.32. The van der Waals surface area contributed by atoms with Gasteiger partial charge < -0.3 is 20.1 Å². The molecule has 0 aliphatic heterocycles. The lowest BCUT2D eigenvalue weighted by Crippen LogP contribution is -2.34. The predicted octanol–water partition coefficient (Wildman–Crippen LogP) is 2.84. The fourth-order valence-corrected chi connectivity index (χ4v) is 2.05. The van der Waals surface area contributed by atoms with Gasteiger partial charge >= 0.3 is 6.03 Å². The normalized spacial score (nSPS) is 10.0. The maximum absolute atomic E-state index is 13.4. The first-order valence-electron chi connectivity index (χ1n) is 7.10. The van der Waals surface area contributed by atoms with Gasteiger partial charge in [-0.2, -0.15) is 0 Å². The van der Waals surface area contributed by atoms with Gasteiger partial charge in [0, 0.05) is 18.7 Å². The van der Waals surface area contributed by atoms with Gasteiger partial charge in [0.1, 0.15) is 5.82 Å². The molecule has 2 N–H and O–H groups in total. The van der Waals surface area contributed by atoms with Crippen molar-refractivity contribution in [2.45, 2.75) is 13.1 Å². The molecule has 0 bridgehead atoms. The fourth-order valence-electron chi connectivity index (χ4n) is 2.05. The van der Waals surface area contributed by atoms with Crippen LogP contribution in [0.5, 0.6) is 11.5 Å². The summed E-state index contributed by atoms with van der Waals surface area (Å²) in [4.78, 5) is 11.8. The summed E-state index contributed by atoms with van der Waals surface area (Å²) in [5.74, 6) is 0.881. The molecule has 2 aromatic carbocycles. The molecule has 2 amide bonds. The van der Waals surface area contributed by atoms with E-state index in [9.17, 15) is 9.18 Å². The van der Waals surface area contributed by atoms with Crippen LogP contribution in [0, 0.1) is 5.82 Å². The van der Waals surface area contributed by atoms with E-state index in [1.807, 2.05) is 6.07 Å². The van der Waals surface area contributed by atoms with Crippen LogP contribution in [0.4, 0.5) is 9.18 Å². The van der Waals surface area contributed by atoms with Gasteiger partial charge in [0.2, 0.25) is 0 Å². The Balaban J connectivity index is 1.86. The van der Waals surface area contributed by atoms with Gasteiger partial charge in [0.25, 0.3) is 0 Å². The lowest BCUT2D eigenvalue weighted by atomic mass is 10.2. The Kier molecular flexibility index (Phi) is 5.80. The van der Waals surface area contributed by atoms with Crippen molar-refractivity contribution in [2.75, 3.05) is 14.2 Å². The van der Waals surface area contributed by atoms with Crippen molar-refractivity contribution in [3.05, 3.63) is 59.4 Å². The number of amides is 2. The number of hydrogen-bond donors (Lipinski definition) is 2. The minimum atomic E-state index is -0.372. The summed E-state index contributed by atoms with van der Waals surface area (Å²) in [5.41, 5.74) is 1.30. The number of benzene rings is 2. The van der Waals surface area contributed by atoms with Crippen LogP contribution in [-0.4, -0.2) is 20.3 Å². The topological polar surface area (TPSA) is 59.6 Å². The highest BCUT2D eigenvalue weighted by molar-refractivity contribution is 5.73. The molecule has 0 spiro atoms. The first kappa shape index (κ1) is 16.6. The van der Waals surface area contributed by atoms with E-state index in [0.29, 0.717) is 23.6 Å². The molecule has 0 fully saturated rings. The third-order valence-electron chi connectivity index (χ3n) is 3.30. The molecule has 0 aliphatic carbocycles. The third-order valence-corrected chi connectivity index (χ3v) is 3.30. The molecule has 0 radical (unpaired) electrons. The van der Waals surface area contributed by atoms with E-state index in [-0.39, 0.29) is 18.4 Å². The van der Waals surface area contributed by atoms with E-state index in [1.165, 1.54) is 6.07 Å². The van der Waals surface area contributed by atoms with Gasteiger partial charge in [-0.1, -0.05) is 24.3 Å². The van der Waals surface area contributed by atoms with Crippen molar-refractivity contribution in [3.8, 4) is 11.5 Å². The van der Waals surface area contributed by atoms with Crippen molar-refractivity contribution >= 4 is 6.03 Å². The second-order valence-electron chi connectivity index (χ2n) is 4.82. The lowest BCUT2D eigenvalue weighted by molar-refractivity contribution is 0.240. The van der Waals surface area contributed by atoms with E-state index in [4.69, 9.17) is 9.47 Å². The van der Waals surface area contributed by atoms with Crippen LogP contribution >= 0.6 is 0 Å². The molecular weight excluding hydrogens is 299 g/mol. The van der Waals surface area contributed by atoms with E-state index in [0.717, 1.165) is 5.56 Å². The third kappa shape index (κ3) is 4.60. The minimum absolute atomic E-state index is 0.129. The SMILES string of the molecule is COc1ccc(CNC(=O)NCc2ccccc2F)cc1OC. The van der Waals surface area contributed by atoms with E-state index in [2.05, 4.69) is 10.6 Å². The molecule has 0 atom stereocenters. The standard InChI is InChI=1S/C17H19FN2O3/c1-22-15-8-7-12(9-16(15)23-2)10-19-17(21)20-11-13-5-3-4-6-14(13)18/h3-9H,10-11H2,1-2H3,(H2,19,20,21). The number of halogens is 1. The average molecular weight is 318 g/mol. The Morgan fingerprint density at radius 2 is 1.70 bits per heavy atom. The maximum Gasteiger partial charge on any atom is 0.315 e. The second kappa shape index (κ2) is 8.03. The number of carbonyl (C=O) groups is 1. The molecule has 0 unspecified atom stereocenters. The van der Waals surface area contributed by atoms with Crippen LogP contribution in [0.25, 0.3) is 0 Å². The maximum atomic E-state index is 13.4. The van der Waals surface area contributed by atoms with Crippen LogP contribution in [0.3, 0.4) is 0 Å². The zero-order valence-electron chi connectivity index (χ0n) is 13.1. The van der Waals surface area contributed by atoms with Gasteiger partial charge in [-0.3, -0.25) is 0 Å². The number of hydrogen-bond acceptors (Lipinski definition) is 3. The number of urea groups is 1. The molecule has 2 aromatic rings. The fraction of sp³-hybridized carbons (Fsp3) is 0.235. The lowest BCUT2D eigenvalue weighted by Gasteiger charge is -2.11. The summed E-state index contributed by atoms with van der Waals surface area (Å²) < 4.78 is 23.8. The molecule has 23 heavy (non-hydrogen) atoms. The van der Waals surface area contributed by atoms with Crippen molar-refractivity contribution in [1.29, 1.82) is 0 Å². The highest BCUT2D eigenvalue weighted by Gasteiger charge is 2.07. The first-order chi connectivity index (χ1) is 11.1. The van der Waals surface area contributed by atoms with Crippen LogP contribution in [0.15, 0.2) is 42.5 Å². The van der Waals surface area contributed by atoms with Crippen molar-refractivity contribution < 1.29 is 18.7 Å². The molecule has 122 valence electrons. The molecule has 6 heteroatoms. The average Bonchev–Trinajstić information content (AvgIpc) is 2.58. The van der Waals surface area contributed by atoms with Gasteiger partial charge in [-0.25, -0.2) is 9.18 Å². The monoisotopic (exact) mass is 318 g/mol. The molecule has 0 aliphatic rings. The Morgan fingerprint density at radius 3 is 2.39 bits per heavy atom. The number of methoxy groups -OCH3 is 2. The zero-order chi connectivity index (χ0) is 16.7. The van der Waals surface area contributed by atoms with Crippen molar-refractivity contribution in [1.82, 2.24) is 10.6 Å². The Bertz CT molecular complexity index is 677. The summed E-state index contributed by atoms with van der Waals surface area (Å²) in [6, 6.07) is 11.3. The number of carbonyl (C=O) groups excluding carboxylic acids is 1. The number of rotatable bonds is 6. The first-order valence-corrected chi connectivity index (χ1v) is 7.10. The van der Waals surface area contributed by atoms with Crippen LogP contribution in [0.2, 0.25) is 0 Å². The molecular formula is C17H19FN2O3. The highest BCUT2D eigenvalue weighted by Crippen LogP contribution is 2.27. The van der Waals surface area contributed by atoms with Crippen LogP contribution in [-0.2, 0) is 13.1 Å². The predicted molar refractivity (Wildman–Crippen MR) is 85.0 cm³/mol. The number of ether oxygens (including phenoxy) is 2. The quantitative estimate of drug-likeness (QED) is 0.861. The van der Waals surface area contributed by atoms with Crippen LogP contribution < -0.4 is 20.1 Å². The molecule has 0 saturated carbocycles.